The fraction of sp³-hybridized carbons (Fsp3) is 0.750. The number of carbonyl (C=O) groups is 2. The molecule has 0 heterocycles. The number of nitrogens with one attached hydrogen (secondary N) is 1. The lowest BCUT2D eigenvalue weighted by Gasteiger charge is -2.11. The van der Waals surface area contributed by atoms with Gasteiger partial charge in [0.1, 0.15) is 6.04 Å². The van der Waals surface area contributed by atoms with E-state index >= 15 is 0 Å². The summed E-state index contributed by atoms with van der Waals surface area (Å²) in [6.45, 7) is 1.64. The van der Waals surface area contributed by atoms with E-state index in [4.69, 9.17) is 10.2 Å². The Morgan fingerprint density at radius 2 is 2.15 bits per heavy atom. The number of hydrogen-bond acceptors (Lipinski definition) is 3. The third-order valence-electron chi connectivity index (χ3n) is 1.68. The van der Waals surface area contributed by atoms with Gasteiger partial charge >= 0.3 is 5.97 Å². The maximum Gasteiger partial charge on any atom is 0.326 e. The Labute approximate surface area is 76.8 Å². The van der Waals surface area contributed by atoms with Gasteiger partial charge in [0.2, 0.25) is 6.41 Å². The molecular weight excluding hydrogens is 174 g/mol. The van der Waals surface area contributed by atoms with Crippen LogP contribution in [0.25, 0.3) is 0 Å². The summed E-state index contributed by atoms with van der Waals surface area (Å²) in [5.41, 5.74) is 0. The van der Waals surface area contributed by atoms with Crippen LogP contribution in [0.3, 0.4) is 0 Å². The summed E-state index contributed by atoms with van der Waals surface area (Å²) in [6, 6.07) is -0.837. The molecule has 0 spiro atoms. The smallest absolute Gasteiger partial charge is 0.326 e. The van der Waals surface area contributed by atoms with E-state index in [-0.39, 0.29) is 0 Å². The van der Waals surface area contributed by atoms with Crippen molar-refractivity contribution in [3.05, 3.63) is 0 Å². The molecule has 0 rings (SSSR count). The lowest BCUT2D eigenvalue weighted by molar-refractivity contribution is -0.140. The first kappa shape index (κ1) is 11.9. The lowest BCUT2D eigenvalue weighted by Crippen LogP contribution is -2.35. The summed E-state index contributed by atoms with van der Waals surface area (Å²) in [5.74, 6) is -1.04. The molecule has 13 heavy (non-hydrogen) atoms. The second-order valence-corrected chi connectivity index (χ2v) is 2.96. The van der Waals surface area contributed by atoms with Crippen LogP contribution in [0, 0.1) is 0 Å². The molecule has 0 radical (unpaired) electrons. The maximum atomic E-state index is 10.5. The number of aliphatic hydroxyl groups excluding tert-OH is 1. The number of carboxylic acids is 1. The Balaban J connectivity index is 3.69. The van der Waals surface area contributed by atoms with E-state index in [1.165, 1.54) is 0 Å². The summed E-state index contributed by atoms with van der Waals surface area (Å²) >= 11 is 0. The van der Waals surface area contributed by atoms with Crippen LogP contribution in [-0.4, -0.2) is 34.7 Å². The maximum absolute atomic E-state index is 10.5. The normalized spacial score (nSPS) is 14.6. The van der Waals surface area contributed by atoms with Crippen LogP contribution >= 0.6 is 0 Å². The highest BCUT2D eigenvalue weighted by Gasteiger charge is 2.15. The summed E-state index contributed by atoms with van der Waals surface area (Å²) in [4.78, 5) is 20.5. The van der Waals surface area contributed by atoms with E-state index < -0.39 is 18.1 Å². The van der Waals surface area contributed by atoms with Gasteiger partial charge in [-0.05, 0) is 26.2 Å². The quantitative estimate of drug-likeness (QED) is 0.481. The third-order valence-corrected chi connectivity index (χ3v) is 1.68. The highest BCUT2D eigenvalue weighted by molar-refractivity contribution is 5.76. The van der Waals surface area contributed by atoms with Gasteiger partial charge < -0.3 is 15.5 Å². The van der Waals surface area contributed by atoms with E-state index in [1.54, 1.807) is 6.92 Å². The van der Waals surface area contributed by atoms with Crippen LogP contribution in [0.5, 0.6) is 0 Å². The molecule has 0 aromatic rings. The zero-order valence-corrected chi connectivity index (χ0v) is 7.56. The molecule has 2 unspecified atom stereocenters. The zero-order valence-electron chi connectivity index (χ0n) is 7.56. The van der Waals surface area contributed by atoms with E-state index in [1.807, 2.05) is 0 Å². The summed E-state index contributed by atoms with van der Waals surface area (Å²) in [7, 11) is 0. The molecule has 0 bridgehead atoms. The molecule has 2 atom stereocenters. The summed E-state index contributed by atoms with van der Waals surface area (Å²) in [6.07, 6.45) is 1.42. The van der Waals surface area contributed by atoms with Gasteiger partial charge in [0.05, 0.1) is 6.10 Å². The standard InChI is InChI=1S/C8H15NO4/c1-6(11)3-2-4-7(8(12)13)9-5-10/h5-7,11H,2-4H2,1H3,(H,9,10)(H,12,13). The largest absolute Gasteiger partial charge is 0.480 e. The van der Waals surface area contributed by atoms with Crippen LogP contribution in [0.4, 0.5) is 0 Å². The Hall–Kier alpha value is -1.10. The molecule has 0 aliphatic rings. The van der Waals surface area contributed by atoms with Crippen molar-refractivity contribution in [3.8, 4) is 0 Å². The first-order chi connectivity index (χ1) is 6.07. The third kappa shape index (κ3) is 6.10. The van der Waals surface area contributed by atoms with Crippen molar-refractivity contribution < 1.29 is 19.8 Å². The van der Waals surface area contributed by atoms with Crippen LogP contribution < -0.4 is 5.32 Å². The molecule has 76 valence electrons. The highest BCUT2D eigenvalue weighted by atomic mass is 16.4. The van der Waals surface area contributed by atoms with Gasteiger partial charge in [-0.25, -0.2) is 4.79 Å². The average molecular weight is 189 g/mol. The predicted octanol–water partition coefficient (Wildman–Crippen LogP) is -0.263. The Kier molecular flexibility index (Phi) is 5.88. The molecule has 0 aliphatic heterocycles. The van der Waals surface area contributed by atoms with Crippen LogP contribution in [0.1, 0.15) is 26.2 Å². The second kappa shape index (κ2) is 6.42. The van der Waals surface area contributed by atoms with E-state index in [0.29, 0.717) is 25.7 Å². The minimum absolute atomic E-state index is 0.346. The number of carbonyl (C=O) groups excluding carboxylic acids is 1. The van der Waals surface area contributed by atoms with Gasteiger partial charge in [0.15, 0.2) is 0 Å². The van der Waals surface area contributed by atoms with Crippen molar-refractivity contribution in [2.75, 3.05) is 0 Å². The molecule has 0 aromatic carbocycles. The average Bonchev–Trinajstić information content (AvgIpc) is 2.02. The number of amides is 1. The minimum atomic E-state index is -1.04. The van der Waals surface area contributed by atoms with E-state index in [9.17, 15) is 9.59 Å². The van der Waals surface area contributed by atoms with Crippen molar-refractivity contribution in [1.29, 1.82) is 0 Å². The highest BCUT2D eigenvalue weighted by Crippen LogP contribution is 2.03. The molecule has 5 heteroatoms. The number of rotatable bonds is 7. The molecule has 5 nitrogen and oxygen atoms in total. The molecular formula is C8H15NO4. The number of carboxylic acid groups (broad SMARTS) is 1. The second-order valence-electron chi connectivity index (χ2n) is 2.96. The van der Waals surface area contributed by atoms with E-state index in [2.05, 4.69) is 5.32 Å². The Morgan fingerprint density at radius 3 is 2.54 bits per heavy atom. The van der Waals surface area contributed by atoms with Gasteiger partial charge in [-0.15, -0.1) is 0 Å². The van der Waals surface area contributed by atoms with Crippen molar-refractivity contribution >= 4 is 12.4 Å². The molecule has 0 saturated carbocycles. The molecule has 0 aromatic heterocycles. The zero-order chi connectivity index (χ0) is 10.3. The Morgan fingerprint density at radius 1 is 1.54 bits per heavy atom. The molecule has 0 aliphatic carbocycles. The fourth-order valence-corrected chi connectivity index (χ4v) is 0.978. The molecule has 0 fully saturated rings. The van der Waals surface area contributed by atoms with Crippen LogP contribution in [-0.2, 0) is 9.59 Å². The predicted molar refractivity (Wildman–Crippen MR) is 46.2 cm³/mol. The monoisotopic (exact) mass is 189 g/mol. The van der Waals surface area contributed by atoms with Crippen molar-refractivity contribution in [2.24, 2.45) is 0 Å². The van der Waals surface area contributed by atoms with Gasteiger partial charge in [-0.1, -0.05) is 0 Å². The van der Waals surface area contributed by atoms with Gasteiger partial charge in [0.25, 0.3) is 0 Å². The molecule has 0 saturated heterocycles. The van der Waals surface area contributed by atoms with Crippen LogP contribution in [0.15, 0.2) is 0 Å². The van der Waals surface area contributed by atoms with Gasteiger partial charge in [-0.3, -0.25) is 4.79 Å². The number of aliphatic carboxylic acids is 1. The van der Waals surface area contributed by atoms with E-state index in [0.717, 1.165) is 0 Å². The topological polar surface area (TPSA) is 86.6 Å². The molecule has 1 amide bonds. The Bertz CT molecular complexity index is 170. The van der Waals surface area contributed by atoms with Crippen molar-refractivity contribution in [2.45, 2.75) is 38.3 Å². The van der Waals surface area contributed by atoms with Crippen molar-refractivity contribution in [1.82, 2.24) is 5.32 Å². The molecule has 3 N–H and O–H groups in total. The van der Waals surface area contributed by atoms with Crippen molar-refractivity contribution in [3.63, 3.8) is 0 Å². The number of hydrogen-bond donors (Lipinski definition) is 3. The summed E-state index contributed by atoms with van der Waals surface area (Å²) in [5, 5.41) is 19.7. The van der Waals surface area contributed by atoms with Gasteiger partial charge in [0, 0.05) is 0 Å². The first-order valence-electron chi connectivity index (χ1n) is 4.18. The minimum Gasteiger partial charge on any atom is -0.480 e. The summed E-state index contributed by atoms with van der Waals surface area (Å²) < 4.78 is 0. The van der Waals surface area contributed by atoms with Gasteiger partial charge in [-0.2, -0.15) is 0 Å². The fourth-order valence-electron chi connectivity index (χ4n) is 0.978. The number of aliphatic hydroxyl groups is 1. The first-order valence-corrected chi connectivity index (χ1v) is 4.18. The lowest BCUT2D eigenvalue weighted by atomic mass is 10.1. The van der Waals surface area contributed by atoms with Crippen LogP contribution in [0.2, 0.25) is 0 Å². The SMILES string of the molecule is CC(O)CCCC(NC=O)C(=O)O.